The molecule has 0 spiro atoms. The second-order valence-electron chi connectivity index (χ2n) is 4.13. The van der Waals surface area contributed by atoms with Crippen molar-refractivity contribution in [3.63, 3.8) is 0 Å². The van der Waals surface area contributed by atoms with Crippen molar-refractivity contribution in [3.05, 3.63) is 33.8 Å². The van der Waals surface area contributed by atoms with Crippen molar-refractivity contribution >= 4 is 33.0 Å². The van der Waals surface area contributed by atoms with Crippen molar-refractivity contribution in [1.29, 1.82) is 0 Å². The van der Waals surface area contributed by atoms with Crippen LogP contribution in [0.2, 0.25) is 10.0 Å². The van der Waals surface area contributed by atoms with Gasteiger partial charge in [0.05, 0.1) is 15.8 Å². The third-order valence-electron chi connectivity index (χ3n) is 2.34. The maximum absolute atomic E-state index is 11.0. The van der Waals surface area contributed by atoms with Crippen LogP contribution in [0.4, 0.5) is 0 Å². The molecule has 0 radical (unpaired) electrons. The maximum atomic E-state index is 11.0. The van der Waals surface area contributed by atoms with Crippen molar-refractivity contribution in [2.75, 3.05) is 12.0 Å². The van der Waals surface area contributed by atoms with Crippen LogP contribution in [0, 0.1) is 0 Å². The Balaban J connectivity index is 2.56. The Labute approximate surface area is 112 Å². The molecule has 1 rings (SSSR count). The number of rotatable bonds is 5. The molecule has 0 aromatic heterocycles. The number of hydrogen-bond donors (Lipinski definition) is 1. The summed E-state index contributed by atoms with van der Waals surface area (Å²) in [6.07, 6.45) is 2.24. The topological polar surface area (TPSA) is 60.2 Å². The Morgan fingerprint density at radius 3 is 2.47 bits per heavy atom. The Bertz CT molecular complexity index is 488. The van der Waals surface area contributed by atoms with Crippen LogP contribution in [0.3, 0.4) is 0 Å². The molecule has 0 saturated carbocycles. The SMILES string of the molecule is CS(=O)(=O)CCC(N)Cc1ccc(Cl)c(Cl)c1. The summed E-state index contributed by atoms with van der Waals surface area (Å²) in [5, 5.41) is 0.986. The molecule has 1 atom stereocenters. The highest BCUT2D eigenvalue weighted by Gasteiger charge is 2.09. The summed E-state index contributed by atoms with van der Waals surface area (Å²) in [4.78, 5) is 0. The molecule has 0 aliphatic rings. The molecule has 0 bridgehead atoms. The van der Waals surface area contributed by atoms with Gasteiger partial charge in [0.2, 0.25) is 0 Å². The standard InChI is InChI=1S/C11H15Cl2NO2S/c1-17(15,16)5-4-9(14)6-8-2-3-10(12)11(13)7-8/h2-3,7,9H,4-6,14H2,1H3. The average molecular weight is 296 g/mol. The molecule has 0 fully saturated rings. The summed E-state index contributed by atoms with van der Waals surface area (Å²) in [6, 6.07) is 5.11. The van der Waals surface area contributed by atoms with Crippen LogP contribution in [-0.4, -0.2) is 26.5 Å². The summed E-state index contributed by atoms with van der Waals surface area (Å²) in [5.74, 6) is 0.107. The Morgan fingerprint density at radius 1 is 1.29 bits per heavy atom. The molecule has 17 heavy (non-hydrogen) atoms. The van der Waals surface area contributed by atoms with E-state index in [1.54, 1.807) is 12.1 Å². The van der Waals surface area contributed by atoms with Gasteiger partial charge in [-0.25, -0.2) is 8.42 Å². The highest BCUT2D eigenvalue weighted by atomic mass is 35.5. The van der Waals surface area contributed by atoms with Crippen LogP contribution in [0.25, 0.3) is 0 Å². The van der Waals surface area contributed by atoms with E-state index < -0.39 is 9.84 Å². The van der Waals surface area contributed by atoms with Gasteiger partial charge in [0.25, 0.3) is 0 Å². The minimum absolute atomic E-state index is 0.107. The lowest BCUT2D eigenvalue weighted by Crippen LogP contribution is -2.25. The lowest BCUT2D eigenvalue weighted by Gasteiger charge is -2.11. The quantitative estimate of drug-likeness (QED) is 0.907. The van der Waals surface area contributed by atoms with E-state index >= 15 is 0 Å². The Kier molecular flexibility index (Phi) is 5.25. The van der Waals surface area contributed by atoms with Crippen molar-refractivity contribution in [2.45, 2.75) is 18.9 Å². The van der Waals surface area contributed by atoms with E-state index in [4.69, 9.17) is 28.9 Å². The smallest absolute Gasteiger partial charge is 0.147 e. The molecule has 0 saturated heterocycles. The molecular formula is C11H15Cl2NO2S. The van der Waals surface area contributed by atoms with E-state index in [1.165, 1.54) is 6.26 Å². The monoisotopic (exact) mass is 295 g/mol. The summed E-state index contributed by atoms with van der Waals surface area (Å²) in [5.41, 5.74) is 6.82. The highest BCUT2D eigenvalue weighted by molar-refractivity contribution is 7.90. The number of sulfone groups is 1. The molecule has 2 N–H and O–H groups in total. The molecule has 3 nitrogen and oxygen atoms in total. The minimum Gasteiger partial charge on any atom is -0.327 e. The van der Waals surface area contributed by atoms with Gasteiger partial charge in [0.15, 0.2) is 0 Å². The normalized spacial score (nSPS) is 13.6. The van der Waals surface area contributed by atoms with Crippen LogP contribution in [0.5, 0.6) is 0 Å². The van der Waals surface area contributed by atoms with Crippen LogP contribution in [-0.2, 0) is 16.3 Å². The number of hydrogen-bond acceptors (Lipinski definition) is 3. The average Bonchev–Trinajstić information content (AvgIpc) is 2.20. The molecular weight excluding hydrogens is 281 g/mol. The van der Waals surface area contributed by atoms with E-state index in [-0.39, 0.29) is 11.8 Å². The van der Waals surface area contributed by atoms with Crippen LogP contribution in [0.1, 0.15) is 12.0 Å². The molecule has 6 heteroatoms. The first-order valence-electron chi connectivity index (χ1n) is 5.15. The molecule has 1 aromatic rings. The van der Waals surface area contributed by atoms with Crippen molar-refractivity contribution in [2.24, 2.45) is 5.73 Å². The zero-order chi connectivity index (χ0) is 13.1. The molecule has 96 valence electrons. The minimum atomic E-state index is -2.95. The first-order valence-corrected chi connectivity index (χ1v) is 7.97. The highest BCUT2D eigenvalue weighted by Crippen LogP contribution is 2.23. The second-order valence-corrected chi connectivity index (χ2v) is 7.21. The fraction of sp³-hybridized carbons (Fsp3) is 0.455. The van der Waals surface area contributed by atoms with Crippen molar-refractivity contribution in [1.82, 2.24) is 0 Å². The number of benzene rings is 1. The van der Waals surface area contributed by atoms with Gasteiger partial charge in [-0.3, -0.25) is 0 Å². The third-order valence-corrected chi connectivity index (χ3v) is 4.06. The Morgan fingerprint density at radius 2 is 1.94 bits per heavy atom. The van der Waals surface area contributed by atoms with Gasteiger partial charge >= 0.3 is 0 Å². The van der Waals surface area contributed by atoms with E-state index in [0.29, 0.717) is 22.9 Å². The fourth-order valence-electron chi connectivity index (χ4n) is 1.44. The van der Waals surface area contributed by atoms with Gasteiger partial charge in [-0.2, -0.15) is 0 Å². The second kappa shape index (κ2) is 6.05. The van der Waals surface area contributed by atoms with Crippen LogP contribution >= 0.6 is 23.2 Å². The van der Waals surface area contributed by atoms with Crippen molar-refractivity contribution < 1.29 is 8.42 Å². The van der Waals surface area contributed by atoms with Gasteiger partial charge in [0.1, 0.15) is 9.84 Å². The first kappa shape index (κ1) is 14.8. The van der Waals surface area contributed by atoms with E-state index in [9.17, 15) is 8.42 Å². The predicted octanol–water partition coefficient (Wildman–Crippen LogP) is 2.30. The summed E-state index contributed by atoms with van der Waals surface area (Å²) in [7, 11) is -2.95. The molecule has 0 aliphatic carbocycles. The molecule has 0 amide bonds. The van der Waals surface area contributed by atoms with E-state index in [1.807, 2.05) is 6.07 Å². The summed E-state index contributed by atoms with van der Waals surface area (Å²) < 4.78 is 22.0. The fourth-order valence-corrected chi connectivity index (χ4v) is 2.49. The van der Waals surface area contributed by atoms with Crippen LogP contribution in [0.15, 0.2) is 18.2 Å². The molecule has 1 aromatic carbocycles. The Hall–Kier alpha value is -0.290. The maximum Gasteiger partial charge on any atom is 0.147 e. The van der Waals surface area contributed by atoms with Gasteiger partial charge in [-0.05, 0) is 30.5 Å². The molecule has 1 unspecified atom stereocenters. The lowest BCUT2D eigenvalue weighted by atomic mass is 10.1. The summed E-state index contributed by atoms with van der Waals surface area (Å²) >= 11 is 11.7. The number of halogens is 2. The molecule has 0 heterocycles. The third kappa shape index (κ3) is 5.73. The molecule has 0 aliphatic heterocycles. The number of nitrogens with two attached hydrogens (primary N) is 1. The zero-order valence-electron chi connectivity index (χ0n) is 9.49. The lowest BCUT2D eigenvalue weighted by molar-refractivity contribution is 0.586. The predicted molar refractivity (Wildman–Crippen MR) is 72.5 cm³/mol. The summed E-state index contributed by atoms with van der Waals surface area (Å²) in [6.45, 7) is 0. The van der Waals surface area contributed by atoms with E-state index in [2.05, 4.69) is 0 Å². The van der Waals surface area contributed by atoms with Gasteiger partial charge in [-0.15, -0.1) is 0 Å². The zero-order valence-corrected chi connectivity index (χ0v) is 11.8. The van der Waals surface area contributed by atoms with Gasteiger partial charge in [0, 0.05) is 12.3 Å². The van der Waals surface area contributed by atoms with Crippen molar-refractivity contribution in [3.8, 4) is 0 Å². The first-order chi connectivity index (χ1) is 7.78. The van der Waals surface area contributed by atoms with Gasteiger partial charge in [-0.1, -0.05) is 29.3 Å². The van der Waals surface area contributed by atoms with E-state index in [0.717, 1.165) is 5.56 Å². The van der Waals surface area contributed by atoms with Crippen LogP contribution < -0.4 is 5.73 Å². The largest absolute Gasteiger partial charge is 0.327 e. The van der Waals surface area contributed by atoms with Gasteiger partial charge < -0.3 is 5.73 Å².